The smallest absolute Gasteiger partial charge is 0.258 e. The molecule has 0 fully saturated rings. The van der Waals surface area contributed by atoms with Crippen LogP contribution < -0.4 is 10.4 Å². The predicted molar refractivity (Wildman–Crippen MR) is 141 cm³/mol. The van der Waals surface area contributed by atoms with E-state index in [1.807, 2.05) is 66.7 Å². The van der Waals surface area contributed by atoms with Crippen molar-refractivity contribution < 1.29 is 9.21 Å². The van der Waals surface area contributed by atoms with Gasteiger partial charge in [0.05, 0.1) is 10.7 Å². The van der Waals surface area contributed by atoms with E-state index in [0.717, 1.165) is 25.8 Å². The van der Waals surface area contributed by atoms with Gasteiger partial charge in [-0.1, -0.05) is 74.5 Å². The quantitative estimate of drug-likeness (QED) is 0.309. The molecule has 7 heteroatoms. The zero-order valence-corrected chi connectivity index (χ0v) is 21.5. The van der Waals surface area contributed by atoms with Crippen LogP contribution >= 0.6 is 15.9 Å². The largest absolute Gasteiger partial charge is 0.451 e. The summed E-state index contributed by atoms with van der Waals surface area (Å²) < 4.78 is 7.02. The van der Waals surface area contributed by atoms with Crippen LogP contribution in [0.25, 0.3) is 22.6 Å². The van der Waals surface area contributed by atoms with Gasteiger partial charge < -0.3 is 9.21 Å². The van der Waals surface area contributed by atoms with Gasteiger partial charge in [-0.3, -0.25) is 4.98 Å². The van der Waals surface area contributed by atoms with E-state index in [1.54, 1.807) is 24.8 Å². The Hall–Kier alpha value is -3.13. The van der Waals surface area contributed by atoms with Crippen LogP contribution in [0.15, 0.2) is 100 Å². The van der Waals surface area contributed by atoms with Crippen LogP contribution in [0.5, 0.6) is 0 Å². The van der Waals surface area contributed by atoms with E-state index >= 15 is 0 Å². The zero-order chi connectivity index (χ0) is 23.8. The lowest BCUT2D eigenvalue weighted by Gasteiger charge is -2.41. The van der Waals surface area contributed by atoms with Gasteiger partial charge >= 0.3 is 0 Å². The van der Waals surface area contributed by atoms with Crippen molar-refractivity contribution in [3.05, 3.63) is 102 Å². The third kappa shape index (κ3) is 3.89. The average molecular weight is 530 g/mol. The number of aromatic nitrogens is 3. The van der Waals surface area contributed by atoms with Gasteiger partial charge in [0.15, 0.2) is 17.2 Å². The summed E-state index contributed by atoms with van der Waals surface area (Å²) >= 11 is 3.40. The van der Waals surface area contributed by atoms with E-state index in [-0.39, 0.29) is 0 Å². The van der Waals surface area contributed by atoms with Crippen LogP contribution in [0.1, 0.15) is 19.4 Å². The summed E-state index contributed by atoms with van der Waals surface area (Å²) in [7, 11) is -3.21. The molecule has 0 aliphatic carbocycles. The Balaban J connectivity index is 1.69. The van der Waals surface area contributed by atoms with Crippen molar-refractivity contribution in [2.75, 3.05) is 0 Å². The Labute approximate surface area is 207 Å². The van der Waals surface area contributed by atoms with Crippen molar-refractivity contribution in [2.45, 2.75) is 25.3 Å². The van der Waals surface area contributed by atoms with Crippen LogP contribution in [0, 0.1) is 0 Å². The van der Waals surface area contributed by atoms with Gasteiger partial charge in [-0.05, 0) is 43.8 Å². The maximum atomic E-state index is 12.6. The molecule has 0 atom stereocenters. The molecule has 0 unspecified atom stereocenters. The SMILES string of the molecule is CC(C)(Cc1c(-c2ncc(Br)cn2)oc2cnccc12)[Si](O)(c1ccccc1)c1ccccc1. The molecular formula is C27H24BrN3O2Si. The first-order chi connectivity index (χ1) is 16.4. The number of fused-ring (bicyclic) bond motifs is 1. The predicted octanol–water partition coefficient (Wildman–Crippen LogP) is 5.12. The third-order valence-corrected chi connectivity index (χ3v) is 11.3. The van der Waals surface area contributed by atoms with Gasteiger partial charge in [0.1, 0.15) is 0 Å². The first-order valence-corrected chi connectivity index (χ1v) is 13.8. The summed E-state index contributed by atoms with van der Waals surface area (Å²) in [5, 5.41) is 2.41. The van der Waals surface area contributed by atoms with Gasteiger partial charge in [-0.2, -0.15) is 0 Å². The second-order valence-electron chi connectivity index (χ2n) is 9.01. The Morgan fingerprint density at radius 3 is 2.06 bits per heavy atom. The maximum absolute atomic E-state index is 12.6. The van der Waals surface area contributed by atoms with Gasteiger partial charge in [-0.15, -0.1) is 0 Å². The fourth-order valence-electron chi connectivity index (χ4n) is 4.67. The minimum atomic E-state index is -3.21. The minimum Gasteiger partial charge on any atom is -0.451 e. The molecule has 2 aromatic carbocycles. The second kappa shape index (κ2) is 8.90. The number of pyridine rings is 1. The first kappa shape index (κ1) is 22.6. The van der Waals surface area contributed by atoms with Crippen LogP contribution in [-0.4, -0.2) is 28.1 Å². The maximum Gasteiger partial charge on any atom is 0.258 e. The number of rotatable bonds is 6. The Kier molecular flexibility index (Phi) is 5.93. The molecule has 0 spiro atoms. The lowest BCUT2D eigenvalue weighted by molar-refractivity contribution is 0.483. The highest BCUT2D eigenvalue weighted by Crippen LogP contribution is 2.43. The highest BCUT2D eigenvalue weighted by molar-refractivity contribution is 9.10. The molecular weight excluding hydrogens is 506 g/mol. The molecule has 0 aliphatic heterocycles. The van der Waals surface area contributed by atoms with E-state index in [0.29, 0.717) is 23.6 Å². The molecule has 0 aliphatic rings. The first-order valence-electron chi connectivity index (χ1n) is 11.1. The van der Waals surface area contributed by atoms with Gasteiger partial charge in [0.2, 0.25) is 0 Å². The van der Waals surface area contributed by atoms with E-state index in [2.05, 4.69) is 44.7 Å². The van der Waals surface area contributed by atoms with Crippen molar-refractivity contribution in [1.29, 1.82) is 0 Å². The Morgan fingerprint density at radius 1 is 0.882 bits per heavy atom. The third-order valence-electron chi connectivity index (χ3n) is 6.40. The molecule has 0 radical (unpaired) electrons. The lowest BCUT2D eigenvalue weighted by atomic mass is 9.99. The van der Waals surface area contributed by atoms with E-state index in [1.165, 1.54) is 0 Å². The van der Waals surface area contributed by atoms with Crippen LogP contribution in [-0.2, 0) is 6.42 Å². The number of hydrogen-bond donors (Lipinski definition) is 1. The van der Waals surface area contributed by atoms with Crippen molar-refractivity contribution in [3.63, 3.8) is 0 Å². The van der Waals surface area contributed by atoms with Gasteiger partial charge in [-0.25, -0.2) is 9.97 Å². The van der Waals surface area contributed by atoms with E-state index in [4.69, 9.17) is 4.42 Å². The Bertz CT molecular complexity index is 1380. The summed E-state index contributed by atoms with van der Waals surface area (Å²) in [6, 6.07) is 22.0. The van der Waals surface area contributed by atoms with Gasteiger partial charge in [0.25, 0.3) is 8.32 Å². The van der Waals surface area contributed by atoms with Gasteiger partial charge in [0, 0.05) is 29.5 Å². The molecule has 0 saturated heterocycles. The zero-order valence-electron chi connectivity index (χ0n) is 18.9. The summed E-state index contributed by atoms with van der Waals surface area (Å²) in [6.45, 7) is 4.29. The Morgan fingerprint density at radius 2 is 1.47 bits per heavy atom. The number of furan rings is 1. The summed E-state index contributed by atoms with van der Waals surface area (Å²) in [5.41, 5.74) is 1.65. The normalized spacial score (nSPS) is 12.2. The monoisotopic (exact) mass is 529 g/mol. The van der Waals surface area contributed by atoms with Crippen LogP contribution in [0.3, 0.4) is 0 Å². The average Bonchev–Trinajstić information content (AvgIpc) is 3.22. The standard InChI is InChI=1S/C27H24BrN3O2Si/c1-27(2,34(32,20-9-5-3-6-10-20)21-11-7-4-8-12-21)15-23-22-13-14-29-18-24(22)33-25(23)26-30-16-19(28)17-31-26/h3-14,16-18,32H,15H2,1-2H3. The summed E-state index contributed by atoms with van der Waals surface area (Å²) in [4.78, 5) is 25.8. The molecule has 0 saturated carbocycles. The van der Waals surface area contributed by atoms with Crippen molar-refractivity contribution in [3.8, 4) is 11.6 Å². The molecule has 0 amide bonds. The fraction of sp³-hybridized carbons (Fsp3) is 0.148. The highest BCUT2D eigenvalue weighted by Gasteiger charge is 2.50. The van der Waals surface area contributed by atoms with Crippen LogP contribution in [0.4, 0.5) is 0 Å². The van der Waals surface area contributed by atoms with Crippen molar-refractivity contribution >= 4 is 45.6 Å². The fourth-order valence-corrected chi connectivity index (χ4v) is 8.55. The number of benzene rings is 2. The number of halogens is 1. The number of hydrogen-bond acceptors (Lipinski definition) is 5. The highest BCUT2D eigenvalue weighted by atomic mass is 79.9. The lowest BCUT2D eigenvalue weighted by Crippen LogP contribution is -2.65. The molecule has 3 heterocycles. The second-order valence-corrected chi connectivity index (χ2v) is 13.9. The summed E-state index contributed by atoms with van der Waals surface area (Å²) in [5.74, 6) is 1.12. The van der Waals surface area contributed by atoms with E-state index in [9.17, 15) is 4.80 Å². The molecule has 1 N–H and O–H groups in total. The van der Waals surface area contributed by atoms with E-state index < -0.39 is 13.4 Å². The molecule has 5 rings (SSSR count). The van der Waals surface area contributed by atoms with Crippen molar-refractivity contribution in [2.24, 2.45) is 0 Å². The molecule has 5 nitrogen and oxygen atoms in total. The number of nitrogens with zero attached hydrogens (tertiary/aromatic N) is 3. The minimum absolute atomic E-state index is 0.500. The molecule has 0 bridgehead atoms. The molecule has 5 aromatic rings. The van der Waals surface area contributed by atoms with Crippen molar-refractivity contribution in [1.82, 2.24) is 15.0 Å². The molecule has 3 aromatic heterocycles. The molecule has 170 valence electrons. The van der Waals surface area contributed by atoms with Crippen LogP contribution in [0.2, 0.25) is 5.04 Å². The topological polar surface area (TPSA) is 72.0 Å². The molecule has 34 heavy (non-hydrogen) atoms. The summed E-state index contributed by atoms with van der Waals surface area (Å²) in [6.07, 6.45) is 7.47.